The second-order valence-electron chi connectivity index (χ2n) is 6.15. The monoisotopic (exact) mass is 448 g/mol. The van der Waals surface area contributed by atoms with Crippen LogP contribution in [0.2, 0.25) is 5.02 Å². The molecule has 9 nitrogen and oxygen atoms in total. The van der Waals surface area contributed by atoms with E-state index in [9.17, 15) is 29.1 Å². The Morgan fingerprint density at radius 3 is 2.30 bits per heavy atom. The number of benzene rings is 2. The van der Waals surface area contributed by atoms with Gasteiger partial charge in [-0.05, 0) is 54.2 Å². The SMILES string of the molecule is O=C(CC1SC(=O)N(c2ccc(Cl)cc2)C1=O)Nc1cc(C(=O)O)ccc1C(=O)O. The zero-order valence-electron chi connectivity index (χ0n) is 15.0. The number of nitrogens with one attached hydrogen (secondary N) is 1. The summed E-state index contributed by atoms with van der Waals surface area (Å²) in [6.07, 6.45) is -0.407. The maximum Gasteiger partial charge on any atom is 0.337 e. The van der Waals surface area contributed by atoms with Gasteiger partial charge in [0.05, 0.1) is 22.5 Å². The summed E-state index contributed by atoms with van der Waals surface area (Å²) >= 11 is 6.48. The van der Waals surface area contributed by atoms with Crippen molar-refractivity contribution in [2.45, 2.75) is 11.7 Å². The minimum absolute atomic E-state index is 0.217. The lowest BCUT2D eigenvalue weighted by molar-refractivity contribution is -0.121. The number of carboxylic acid groups (broad SMARTS) is 2. The lowest BCUT2D eigenvalue weighted by atomic mass is 10.1. The Balaban J connectivity index is 1.75. The van der Waals surface area contributed by atoms with Crippen molar-refractivity contribution >= 4 is 63.7 Å². The molecule has 0 radical (unpaired) electrons. The third kappa shape index (κ3) is 4.44. The van der Waals surface area contributed by atoms with Crippen LogP contribution >= 0.6 is 23.4 Å². The van der Waals surface area contributed by atoms with Gasteiger partial charge >= 0.3 is 11.9 Å². The van der Waals surface area contributed by atoms with Gasteiger partial charge in [-0.3, -0.25) is 14.4 Å². The van der Waals surface area contributed by atoms with Crippen molar-refractivity contribution in [2.24, 2.45) is 0 Å². The normalized spacial score (nSPS) is 15.9. The van der Waals surface area contributed by atoms with Crippen LogP contribution < -0.4 is 10.2 Å². The molecule has 0 spiro atoms. The molecular weight excluding hydrogens is 436 g/mol. The molecule has 3 rings (SSSR count). The number of carbonyl (C=O) groups excluding carboxylic acids is 3. The van der Waals surface area contributed by atoms with E-state index in [4.69, 9.17) is 16.7 Å². The molecule has 3 N–H and O–H groups in total. The van der Waals surface area contributed by atoms with Gasteiger partial charge in [-0.15, -0.1) is 0 Å². The second kappa shape index (κ2) is 8.56. The van der Waals surface area contributed by atoms with Crippen LogP contribution in [-0.4, -0.2) is 44.5 Å². The van der Waals surface area contributed by atoms with Crippen LogP contribution in [0.5, 0.6) is 0 Å². The van der Waals surface area contributed by atoms with Crippen molar-refractivity contribution in [1.29, 1.82) is 0 Å². The molecule has 30 heavy (non-hydrogen) atoms. The summed E-state index contributed by atoms with van der Waals surface area (Å²) in [6.45, 7) is 0. The van der Waals surface area contributed by atoms with Crippen molar-refractivity contribution in [1.82, 2.24) is 0 Å². The fraction of sp³-hybridized carbons (Fsp3) is 0.105. The number of halogens is 1. The van der Waals surface area contributed by atoms with E-state index in [1.54, 1.807) is 0 Å². The van der Waals surface area contributed by atoms with Gasteiger partial charge in [0.2, 0.25) is 11.8 Å². The van der Waals surface area contributed by atoms with Crippen molar-refractivity contribution in [3.63, 3.8) is 0 Å². The first kappa shape index (κ1) is 21.3. The maximum absolute atomic E-state index is 12.6. The molecule has 0 saturated carbocycles. The van der Waals surface area contributed by atoms with Gasteiger partial charge in [0, 0.05) is 11.4 Å². The van der Waals surface area contributed by atoms with E-state index in [-0.39, 0.29) is 16.8 Å². The van der Waals surface area contributed by atoms with Gasteiger partial charge in [0.1, 0.15) is 5.25 Å². The molecule has 3 amide bonds. The van der Waals surface area contributed by atoms with Crippen LogP contribution in [0.15, 0.2) is 42.5 Å². The highest BCUT2D eigenvalue weighted by atomic mass is 35.5. The summed E-state index contributed by atoms with van der Waals surface area (Å²) in [5.74, 6) is -4.00. The fourth-order valence-corrected chi connectivity index (χ4v) is 3.86. The van der Waals surface area contributed by atoms with Gasteiger partial charge in [-0.1, -0.05) is 11.6 Å². The Kier molecular flexibility index (Phi) is 6.09. The summed E-state index contributed by atoms with van der Waals surface area (Å²) < 4.78 is 0. The highest BCUT2D eigenvalue weighted by molar-refractivity contribution is 8.15. The van der Waals surface area contributed by atoms with Gasteiger partial charge in [-0.2, -0.15) is 0 Å². The number of carbonyl (C=O) groups is 5. The zero-order valence-corrected chi connectivity index (χ0v) is 16.6. The minimum atomic E-state index is -1.36. The standard InChI is InChI=1S/C19H13ClN2O7S/c20-10-2-4-11(5-3-10)22-16(24)14(30-19(22)29)8-15(23)21-13-7-9(17(25)26)1-6-12(13)18(27)28/h1-7,14H,8H2,(H,21,23)(H,25,26)(H,27,28). The van der Waals surface area contributed by atoms with Crippen LogP contribution in [0, 0.1) is 0 Å². The van der Waals surface area contributed by atoms with Crippen LogP contribution in [0.1, 0.15) is 27.1 Å². The summed E-state index contributed by atoms with van der Waals surface area (Å²) in [7, 11) is 0. The fourth-order valence-electron chi connectivity index (χ4n) is 2.75. The Morgan fingerprint density at radius 1 is 1.03 bits per heavy atom. The molecule has 1 heterocycles. The lowest BCUT2D eigenvalue weighted by Crippen LogP contribution is -2.33. The quantitative estimate of drug-likeness (QED) is 0.611. The molecular formula is C19H13ClN2O7S. The summed E-state index contributed by atoms with van der Waals surface area (Å²) in [5.41, 5.74) is -0.431. The number of anilines is 2. The van der Waals surface area contributed by atoms with Crippen molar-refractivity contribution < 1.29 is 34.2 Å². The topological polar surface area (TPSA) is 141 Å². The largest absolute Gasteiger partial charge is 0.478 e. The highest BCUT2D eigenvalue weighted by Gasteiger charge is 2.41. The molecule has 2 aromatic carbocycles. The summed E-state index contributed by atoms with van der Waals surface area (Å²) in [5, 5.41) is 19.5. The molecule has 1 unspecified atom stereocenters. The van der Waals surface area contributed by atoms with Crippen molar-refractivity contribution in [2.75, 3.05) is 10.2 Å². The lowest BCUT2D eigenvalue weighted by Gasteiger charge is -2.14. The molecule has 0 aromatic heterocycles. The first-order valence-corrected chi connectivity index (χ1v) is 9.63. The van der Waals surface area contributed by atoms with E-state index < -0.39 is 40.7 Å². The highest BCUT2D eigenvalue weighted by Crippen LogP contribution is 2.34. The van der Waals surface area contributed by atoms with Gasteiger partial charge in [0.25, 0.3) is 5.24 Å². The number of rotatable bonds is 6. The third-order valence-corrected chi connectivity index (χ3v) is 5.44. The van der Waals surface area contributed by atoms with E-state index in [0.29, 0.717) is 22.5 Å². The molecule has 154 valence electrons. The Morgan fingerprint density at radius 2 is 1.70 bits per heavy atom. The van der Waals surface area contributed by atoms with Crippen LogP contribution in [0.4, 0.5) is 16.2 Å². The minimum Gasteiger partial charge on any atom is -0.478 e. The van der Waals surface area contributed by atoms with E-state index in [0.717, 1.165) is 23.1 Å². The number of carboxylic acids is 2. The summed E-state index contributed by atoms with van der Waals surface area (Å²) in [4.78, 5) is 60.6. The average Bonchev–Trinajstić information content (AvgIpc) is 2.95. The molecule has 0 bridgehead atoms. The Bertz CT molecular complexity index is 1070. The van der Waals surface area contributed by atoms with E-state index in [2.05, 4.69) is 5.32 Å². The summed E-state index contributed by atoms with van der Waals surface area (Å²) in [6, 6.07) is 9.20. The molecule has 0 aliphatic carbocycles. The first-order chi connectivity index (χ1) is 14.2. The van der Waals surface area contributed by atoms with Crippen LogP contribution in [0.3, 0.4) is 0 Å². The second-order valence-corrected chi connectivity index (χ2v) is 7.74. The van der Waals surface area contributed by atoms with E-state index in [1.807, 2.05) is 0 Å². The number of thioether (sulfide) groups is 1. The number of amides is 3. The molecule has 2 aromatic rings. The third-order valence-electron chi connectivity index (χ3n) is 4.15. The van der Waals surface area contributed by atoms with Crippen LogP contribution in [-0.2, 0) is 9.59 Å². The van der Waals surface area contributed by atoms with E-state index >= 15 is 0 Å². The molecule has 1 aliphatic heterocycles. The van der Waals surface area contributed by atoms with Crippen molar-refractivity contribution in [3.8, 4) is 0 Å². The maximum atomic E-state index is 12.6. The van der Waals surface area contributed by atoms with Gasteiger partial charge < -0.3 is 15.5 Å². The van der Waals surface area contributed by atoms with Crippen LogP contribution in [0.25, 0.3) is 0 Å². The van der Waals surface area contributed by atoms with Gasteiger partial charge in [0.15, 0.2) is 0 Å². The smallest absolute Gasteiger partial charge is 0.337 e. The molecule has 11 heteroatoms. The Labute approximate surface area is 178 Å². The molecule has 1 aliphatic rings. The van der Waals surface area contributed by atoms with Crippen molar-refractivity contribution in [3.05, 3.63) is 58.6 Å². The zero-order chi connectivity index (χ0) is 22.0. The van der Waals surface area contributed by atoms with E-state index in [1.165, 1.54) is 24.3 Å². The number of hydrogen-bond acceptors (Lipinski definition) is 6. The number of hydrogen-bond donors (Lipinski definition) is 3. The Hall–Kier alpha value is -3.37. The average molecular weight is 449 g/mol. The van der Waals surface area contributed by atoms with Gasteiger partial charge in [-0.25, -0.2) is 14.5 Å². The molecule has 1 fully saturated rings. The molecule has 1 saturated heterocycles. The predicted octanol–water partition coefficient (Wildman–Crippen LogP) is 3.33. The molecule has 1 atom stereocenters. The predicted molar refractivity (Wildman–Crippen MR) is 109 cm³/mol. The number of aromatic carboxylic acids is 2. The first-order valence-electron chi connectivity index (χ1n) is 8.38. The number of imide groups is 1. The number of nitrogens with zero attached hydrogens (tertiary/aromatic N) is 1.